The van der Waals surface area contributed by atoms with Crippen molar-refractivity contribution in [2.45, 2.75) is 6.42 Å². The minimum Gasteiger partial charge on any atom is -0.364 e. The van der Waals surface area contributed by atoms with Crippen LogP contribution < -0.4 is 4.90 Å². The van der Waals surface area contributed by atoms with E-state index in [2.05, 4.69) is 54.3 Å². The lowest BCUT2D eigenvalue weighted by atomic mass is 10.1. The van der Waals surface area contributed by atoms with E-state index >= 15 is 0 Å². The number of rotatable bonds is 3. The molecule has 0 saturated heterocycles. The highest BCUT2D eigenvalue weighted by Crippen LogP contribution is 2.19. The van der Waals surface area contributed by atoms with E-state index in [4.69, 9.17) is 0 Å². The lowest BCUT2D eigenvalue weighted by Gasteiger charge is -2.12. The Kier molecular flexibility index (Phi) is 2.77. The fraction of sp³-hybridized carbons (Fsp3) is 0.231. The van der Waals surface area contributed by atoms with E-state index < -0.39 is 0 Å². The predicted octanol–water partition coefficient (Wildman–Crippen LogP) is 2.67. The first-order valence-corrected chi connectivity index (χ1v) is 5.15. The molecule has 0 spiro atoms. The summed E-state index contributed by atoms with van der Waals surface area (Å²) in [5.41, 5.74) is 2.69. The highest BCUT2D eigenvalue weighted by atomic mass is 15.1. The second-order valence-electron chi connectivity index (χ2n) is 3.91. The highest BCUT2D eigenvalue weighted by molar-refractivity contribution is 5.48. The number of nitrogens with zero attached hydrogens (tertiary/aromatic N) is 1. The van der Waals surface area contributed by atoms with Gasteiger partial charge in [-0.3, -0.25) is 0 Å². The zero-order valence-corrected chi connectivity index (χ0v) is 9.20. The highest BCUT2D eigenvalue weighted by Gasteiger charge is 2.05. The SMILES string of the molecule is CN(C)c1[nH]ccc1Cc1ccccc1. The molecule has 0 unspecified atom stereocenters. The van der Waals surface area contributed by atoms with Gasteiger partial charge in [-0.25, -0.2) is 0 Å². The maximum atomic E-state index is 3.25. The van der Waals surface area contributed by atoms with Gasteiger partial charge in [-0.2, -0.15) is 0 Å². The number of aromatic amines is 1. The molecule has 1 aromatic carbocycles. The lowest BCUT2D eigenvalue weighted by Crippen LogP contribution is -2.11. The molecule has 0 amide bonds. The van der Waals surface area contributed by atoms with Crippen LogP contribution in [0.25, 0.3) is 0 Å². The lowest BCUT2D eigenvalue weighted by molar-refractivity contribution is 1.05. The molecule has 0 radical (unpaired) electrons. The van der Waals surface area contributed by atoms with Gasteiger partial charge in [0.15, 0.2) is 0 Å². The molecular formula is C13H16N2. The van der Waals surface area contributed by atoms with E-state index in [9.17, 15) is 0 Å². The smallest absolute Gasteiger partial charge is 0.108 e. The molecule has 0 aliphatic carbocycles. The van der Waals surface area contributed by atoms with Crippen molar-refractivity contribution in [2.75, 3.05) is 19.0 Å². The molecule has 1 aromatic heterocycles. The van der Waals surface area contributed by atoms with Crippen LogP contribution in [0.3, 0.4) is 0 Å². The van der Waals surface area contributed by atoms with Crippen LogP contribution in [0.2, 0.25) is 0 Å². The molecule has 2 rings (SSSR count). The van der Waals surface area contributed by atoms with Crippen LogP contribution in [0.5, 0.6) is 0 Å². The average Bonchev–Trinajstić information content (AvgIpc) is 2.67. The van der Waals surface area contributed by atoms with E-state index in [0.29, 0.717) is 0 Å². The van der Waals surface area contributed by atoms with Gasteiger partial charge < -0.3 is 9.88 Å². The second-order valence-corrected chi connectivity index (χ2v) is 3.91. The molecule has 0 aliphatic heterocycles. The molecular weight excluding hydrogens is 184 g/mol. The summed E-state index contributed by atoms with van der Waals surface area (Å²) in [6.07, 6.45) is 2.98. The monoisotopic (exact) mass is 200 g/mol. The quantitative estimate of drug-likeness (QED) is 0.807. The van der Waals surface area contributed by atoms with Crippen LogP contribution in [0.15, 0.2) is 42.6 Å². The van der Waals surface area contributed by atoms with E-state index in [1.807, 2.05) is 12.3 Å². The fourth-order valence-corrected chi connectivity index (χ4v) is 1.77. The Bertz CT molecular complexity index is 415. The Morgan fingerprint density at radius 2 is 1.80 bits per heavy atom. The van der Waals surface area contributed by atoms with Crippen molar-refractivity contribution >= 4 is 5.82 Å². The van der Waals surface area contributed by atoms with Crippen LogP contribution >= 0.6 is 0 Å². The first-order valence-electron chi connectivity index (χ1n) is 5.15. The van der Waals surface area contributed by atoms with Crippen molar-refractivity contribution in [1.82, 2.24) is 4.98 Å². The molecule has 15 heavy (non-hydrogen) atoms. The van der Waals surface area contributed by atoms with Gasteiger partial charge in [0, 0.05) is 26.7 Å². The number of hydrogen-bond acceptors (Lipinski definition) is 1. The van der Waals surface area contributed by atoms with Crippen LogP contribution in [-0.4, -0.2) is 19.1 Å². The fourth-order valence-electron chi connectivity index (χ4n) is 1.77. The summed E-state index contributed by atoms with van der Waals surface area (Å²) in [5.74, 6) is 1.19. The van der Waals surface area contributed by atoms with Crippen molar-refractivity contribution in [1.29, 1.82) is 0 Å². The molecule has 2 aromatic rings. The second kappa shape index (κ2) is 4.22. The third kappa shape index (κ3) is 2.21. The van der Waals surface area contributed by atoms with E-state index in [-0.39, 0.29) is 0 Å². The van der Waals surface area contributed by atoms with E-state index in [1.165, 1.54) is 16.9 Å². The summed E-state index contributed by atoms with van der Waals surface area (Å²) in [7, 11) is 4.11. The largest absolute Gasteiger partial charge is 0.364 e. The standard InChI is InChI=1S/C13H16N2/c1-15(2)13-12(8-9-14-13)10-11-6-4-3-5-7-11/h3-9,14H,10H2,1-2H3. The Morgan fingerprint density at radius 3 is 2.47 bits per heavy atom. The number of nitrogens with one attached hydrogen (secondary N) is 1. The Hall–Kier alpha value is -1.70. The molecule has 0 bridgehead atoms. The summed E-state index contributed by atoms with van der Waals surface area (Å²) < 4.78 is 0. The third-order valence-corrected chi connectivity index (χ3v) is 2.49. The van der Waals surface area contributed by atoms with Crippen LogP contribution in [0.1, 0.15) is 11.1 Å². The van der Waals surface area contributed by atoms with Crippen LogP contribution in [-0.2, 0) is 6.42 Å². The minimum absolute atomic E-state index is 0.984. The minimum atomic E-state index is 0.984. The van der Waals surface area contributed by atoms with Gasteiger partial charge in [0.25, 0.3) is 0 Å². The predicted molar refractivity (Wildman–Crippen MR) is 64.4 cm³/mol. The average molecular weight is 200 g/mol. The van der Waals surface area contributed by atoms with Crippen LogP contribution in [0, 0.1) is 0 Å². The van der Waals surface area contributed by atoms with Crippen molar-refractivity contribution in [3.8, 4) is 0 Å². The molecule has 78 valence electrons. The normalized spacial score (nSPS) is 10.3. The maximum Gasteiger partial charge on any atom is 0.108 e. The molecule has 2 heteroatoms. The number of hydrogen-bond donors (Lipinski definition) is 1. The summed E-state index contributed by atoms with van der Waals surface area (Å²) in [5, 5.41) is 0. The van der Waals surface area contributed by atoms with Gasteiger partial charge in [0.2, 0.25) is 0 Å². The number of anilines is 1. The first-order chi connectivity index (χ1) is 7.27. The third-order valence-electron chi connectivity index (χ3n) is 2.49. The number of H-pyrrole nitrogens is 1. The van der Waals surface area contributed by atoms with Gasteiger partial charge in [0.05, 0.1) is 0 Å². The van der Waals surface area contributed by atoms with Gasteiger partial charge in [-0.05, 0) is 17.2 Å². The van der Waals surface area contributed by atoms with Crippen LogP contribution in [0.4, 0.5) is 5.82 Å². The summed E-state index contributed by atoms with van der Waals surface area (Å²) >= 11 is 0. The number of aromatic nitrogens is 1. The molecule has 0 fully saturated rings. The molecule has 0 saturated carbocycles. The summed E-state index contributed by atoms with van der Waals surface area (Å²) in [4.78, 5) is 5.36. The molecule has 1 heterocycles. The van der Waals surface area contributed by atoms with E-state index in [0.717, 1.165) is 6.42 Å². The Labute approximate surface area is 90.6 Å². The Morgan fingerprint density at radius 1 is 1.07 bits per heavy atom. The molecule has 2 nitrogen and oxygen atoms in total. The van der Waals surface area contributed by atoms with Gasteiger partial charge >= 0.3 is 0 Å². The van der Waals surface area contributed by atoms with Crippen molar-refractivity contribution in [3.05, 3.63) is 53.7 Å². The molecule has 1 N–H and O–H groups in total. The Balaban J connectivity index is 2.21. The summed E-state index contributed by atoms with van der Waals surface area (Å²) in [6, 6.07) is 12.7. The topological polar surface area (TPSA) is 19.0 Å². The summed E-state index contributed by atoms with van der Waals surface area (Å²) in [6.45, 7) is 0. The number of benzene rings is 1. The van der Waals surface area contributed by atoms with Crippen molar-refractivity contribution in [2.24, 2.45) is 0 Å². The zero-order chi connectivity index (χ0) is 10.7. The first kappa shape index (κ1) is 9.84. The molecule has 0 atom stereocenters. The maximum absolute atomic E-state index is 3.25. The van der Waals surface area contributed by atoms with Gasteiger partial charge in [-0.15, -0.1) is 0 Å². The van der Waals surface area contributed by atoms with E-state index in [1.54, 1.807) is 0 Å². The van der Waals surface area contributed by atoms with Crippen molar-refractivity contribution < 1.29 is 0 Å². The van der Waals surface area contributed by atoms with Crippen molar-refractivity contribution in [3.63, 3.8) is 0 Å². The molecule has 0 aliphatic rings. The van der Waals surface area contributed by atoms with Gasteiger partial charge in [-0.1, -0.05) is 30.3 Å². The van der Waals surface area contributed by atoms with Gasteiger partial charge in [0.1, 0.15) is 5.82 Å². The zero-order valence-electron chi connectivity index (χ0n) is 9.20.